The first-order valence-corrected chi connectivity index (χ1v) is 7.39. The van der Waals surface area contributed by atoms with Crippen molar-refractivity contribution in [1.82, 2.24) is 4.98 Å². The number of halogens is 1. The topological polar surface area (TPSA) is 68.1 Å². The Hall–Kier alpha value is -1.66. The van der Waals surface area contributed by atoms with Crippen LogP contribution >= 0.6 is 22.9 Å². The highest BCUT2D eigenvalue weighted by molar-refractivity contribution is 7.09. The van der Waals surface area contributed by atoms with E-state index in [1.54, 1.807) is 23.6 Å². The monoisotopic (exact) mass is 311 g/mol. The van der Waals surface area contributed by atoms with Crippen LogP contribution in [-0.4, -0.2) is 9.91 Å². The number of nitrogens with zero attached hydrogens (tertiary/aromatic N) is 2. The highest BCUT2D eigenvalue weighted by Crippen LogP contribution is 2.33. The van der Waals surface area contributed by atoms with Crippen LogP contribution in [0.4, 0.5) is 11.4 Å². The summed E-state index contributed by atoms with van der Waals surface area (Å²) in [5, 5.41) is 17.2. The Morgan fingerprint density at radius 1 is 1.55 bits per heavy atom. The van der Waals surface area contributed by atoms with Crippen molar-refractivity contribution in [2.45, 2.75) is 26.3 Å². The van der Waals surface area contributed by atoms with E-state index in [-0.39, 0.29) is 16.8 Å². The fourth-order valence-electron chi connectivity index (χ4n) is 1.89. The smallest absolute Gasteiger partial charge is 0.288 e. The largest absolute Gasteiger partial charge is 0.376 e. The molecule has 1 unspecified atom stereocenters. The average molecular weight is 312 g/mol. The number of aryl methyl sites for hydroxylation is 1. The first kappa shape index (κ1) is 14.7. The minimum absolute atomic E-state index is 0.0722. The molecule has 0 amide bonds. The zero-order valence-corrected chi connectivity index (χ0v) is 12.7. The van der Waals surface area contributed by atoms with Crippen LogP contribution in [-0.2, 0) is 0 Å². The molecule has 1 heterocycles. The van der Waals surface area contributed by atoms with E-state index < -0.39 is 4.92 Å². The van der Waals surface area contributed by atoms with E-state index in [1.807, 2.05) is 12.3 Å². The molecule has 7 heteroatoms. The van der Waals surface area contributed by atoms with Gasteiger partial charge in [-0.15, -0.1) is 11.3 Å². The minimum Gasteiger partial charge on any atom is -0.376 e. The number of anilines is 1. The summed E-state index contributed by atoms with van der Waals surface area (Å²) in [6, 6.07) is 3.16. The van der Waals surface area contributed by atoms with Crippen molar-refractivity contribution in [2.75, 3.05) is 5.32 Å². The first-order chi connectivity index (χ1) is 9.52. The number of benzene rings is 1. The molecule has 106 valence electrons. The van der Waals surface area contributed by atoms with E-state index in [0.717, 1.165) is 22.7 Å². The van der Waals surface area contributed by atoms with Crippen LogP contribution in [0.2, 0.25) is 5.02 Å². The average Bonchev–Trinajstić information content (AvgIpc) is 2.92. The molecular formula is C13H14ClN3O2S. The molecule has 0 bridgehead atoms. The van der Waals surface area contributed by atoms with Crippen molar-refractivity contribution in [3.8, 4) is 0 Å². The number of hydrogen-bond acceptors (Lipinski definition) is 5. The molecule has 20 heavy (non-hydrogen) atoms. The third-order valence-electron chi connectivity index (χ3n) is 2.98. The molecule has 1 aromatic heterocycles. The number of thiazole rings is 1. The SMILES string of the molecule is CCC(Nc1cc(Cl)c([N+](=O)[O-])cc1C)c1nccs1. The molecule has 0 aliphatic heterocycles. The molecule has 0 aliphatic carbocycles. The number of nitro groups is 1. The van der Waals surface area contributed by atoms with E-state index in [2.05, 4.69) is 17.2 Å². The third-order valence-corrected chi connectivity index (χ3v) is 4.17. The van der Waals surface area contributed by atoms with Gasteiger partial charge in [0.2, 0.25) is 0 Å². The standard InChI is InChI=1S/C13H14ClN3O2S/c1-3-10(13-15-4-5-20-13)16-11-7-9(14)12(17(18)19)6-8(11)2/h4-7,10,16H,3H2,1-2H3. The van der Waals surface area contributed by atoms with Crippen molar-refractivity contribution in [2.24, 2.45) is 0 Å². The van der Waals surface area contributed by atoms with Gasteiger partial charge in [-0.25, -0.2) is 4.98 Å². The number of hydrogen-bond donors (Lipinski definition) is 1. The molecule has 2 rings (SSSR count). The summed E-state index contributed by atoms with van der Waals surface area (Å²) in [5.74, 6) is 0. The summed E-state index contributed by atoms with van der Waals surface area (Å²) in [7, 11) is 0. The van der Waals surface area contributed by atoms with Crippen LogP contribution in [0.5, 0.6) is 0 Å². The van der Waals surface area contributed by atoms with Gasteiger partial charge in [0.05, 0.1) is 11.0 Å². The highest BCUT2D eigenvalue weighted by atomic mass is 35.5. The maximum atomic E-state index is 10.8. The Morgan fingerprint density at radius 3 is 2.85 bits per heavy atom. The second-order valence-corrected chi connectivity index (χ2v) is 5.68. The fourth-order valence-corrected chi connectivity index (χ4v) is 2.90. The predicted octanol–water partition coefficient (Wildman–Crippen LogP) is 4.58. The molecule has 0 saturated carbocycles. The number of aromatic nitrogens is 1. The van der Waals surface area contributed by atoms with Crippen LogP contribution in [0.3, 0.4) is 0 Å². The minimum atomic E-state index is -0.475. The van der Waals surface area contributed by atoms with E-state index in [4.69, 9.17) is 11.6 Å². The van der Waals surface area contributed by atoms with Crippen LogP contribution in [0.1, 0.15) is 30.0 Å². The Morgan fingerprint density at radius 2 is 2.30 bits per heavy atom. The molecule has 0 radical (unpaired) electrons. The molecule has 2 aromatic rings. The molecule has 0 aliphatic rings. The second kappa shape index (κ2) is 6.19. The van der Waals surface area contributed by atoms with Gasteiger partial charge < -0.3 is 5.32 Å². The van der Waals surface area contributed by atoms with Crippen molar-refractivity contribution in [1.29, 1.82) is 0 Å². The molecular weight excluding hydrogens is 298 g/mol. The number of nitro benzene ring substituents is 1. The van der Waals surface area contributed by atoms with Crippen molar-refractivity contribution >= 4 is 34.3 Å². The summed E-state index contributed by atoms with van der Waals surface area (Å²) in [4.78, 5) is 14.7. The number of rotatable bonds is 5. The van der Waals surface area contributed by atoms with Gasteiger partial charge in [0.1, 0.15) is 10.0 Å². The van der Waals surface area contributed by atoms with Gasteiger partial charge >= 0.3 is 0 Å². The van der Waals surface area contributed by atoms with E-state index >= 15 is 0 Å². The van der Waals surface area contributed by atoms with Gasteiger partial charge in [-0.05, 0) is 25.0 Å². The lowest BCUT2D eigenvalue weighted by Crippen LogP contribution is -2.10. The summed E-state index contributed by atoms with van der Waals surface area (Å²) in [6.07, 6.45) is 2.63. The Kier molecular flexibility index (Phi) is 4.57. The zero-order valence-electron chi connectivity index (χ0n) is 11.1. The van der Waals surface area contributed by atoms with Crippen molar-refractivity contribution in [3.05, 3.63) is 49.4 Å². The van der Waals surface area contributed by atoms with Gasteiger partial charge in [0, 0.05) is 23.3 Å². The van der Waals surface area contributed by atoms with Crippen LogP contribution in [0.15, 0.2) is 23.7 Å². The lowest BCUT2D eigenvalue weighted by molar-refractivity contribution is -0.384. The van der Waals surface area contributed by atoms with E-state index in [0.29, 0.717) is 0 Å². The maximum absolute atomic E-state index is 10.8. The van der Waals surface area contributed by atoms with Gasteiger partial charge in [-0.3, -0.25) is 10.1 Å². The first-order valence-electron chi connectivity index (χ1n) is 6.13. The van der Waals surface area contributed by atoms with Crippen LogP contribution in [0.25, 0.3) is 0 Å². The Bertz CT molecular complexity index is 616. The normalized spacial score (nSPS) is 12.2. The molecule has 5 nitrogen and oxygen atoms in total. The highest BCUT2D eigenvalue weighted by Gasteiger charge is 2.18. The van der Waals surface area contributed by atoms with Crippen LogP contribution in [0, 0.1) is 17.0 Å². The lowest BCUT2D eigenvalue weighted by Gasteiger charge is -2.17. The van der Waals surface area contributed by atoms with Crippen molar-refractivity contribution in [3.63, 3.8) is 0 Å². The van der Waals surface area contributed by atoms with Crippen molar-refractivity contribution < 1.29 is 4.92 Å². The zero-order chi connectivity index (χ0) is 14.7. The fraction of sp³-hybridized carbons (Fsp3) is 0.308. The van der Waals surface area contributed by atoms with E-state index in [1.165, 1.54) is 6.07 Å². The van der Waals surface area contributed by atoms with Gasteiger partial charge in [0.25, 0.3) is 5.69 Å². The molecule has 1 N–H and O–H groups in total. The molecule has 0 spiro atoms. The summed E-state index contributed by atoms with van der Waals surface area (Å²) >= 11 is 7.53. The van der Waals surface area contributed by atoms with Gasteiger partial charge in [0.15, 0.2) is 0 Å². The lowest BCUT2D eigenvalue weighted by atomic mass is 10.1. The summed E-state index contributed by atoms with van der Waals surface area (Å²) < 4.78 is 0. The number of nitrogens with one attached hydrogen (secondary N) is 1. The predicted molar refractivity (Wildman–Crippen MR) is 81.6 cm³/mol. The van der Waals surface area contributed by atoms with Crippen LogP contribution < -0.4 is 5.32 Å². The van der Waals surface area contributed by atoms with Gasteiger partial charge in [-0.2, -0.15) is 0 Å². The Labute approximate surface area is 125 Å². The summed E-state index contributed by atoms with van der Waals surface area (Å²) in [5.41, 5.74) is 1.51. The summed E-state index contributed by atoms with van der Waals surface area (Å²) in [6.45, 7) is 3.88. The van der Waals surface area contributed by atoms with Gasteiger partial charge in [-0.1, -0.05) is 18.5 Å². The second-order valence-electron chi connectivity index (χ2n) is 4.35. The third kappa shape index (κ3) is 3.08. The van der Waals surface area contributed by atoms with E-state index in [9.17, 15) is 10.1 Å². The Balaban J connectivity index is 2.29. The maximum Gasteiger partial charge on any atom is 0.288 e. The quantitative estimate of drug-likeness (QED) is 0.648. The molecule has 1 atom stereocenters. The molecule has 1 aromatic carbocycles. The molecule has 0 saturated heterocycles. The molecule has 0 fully saturated rings.